The lowest BCUT2D eigenvalue weighted by molar-refractivity contribution is -0.164. The van der Waals surface area contributed by atoms with E-state index in [1.165, 1.54) is 4.90 Å². The van der Waals surface area contributed by atoms with E-state index in [2.05, 4.69) is 0 Å². The fourth-order valence-corrected chi connectivity index (χ4v) is 2.39. The summed E-state index contributed by atoms with van der Waals surface area (Å²) in [5.74, 6) is -1.05. The first-order valence-corrected chi connectivity index (χ1v) is 8.06. The number of likely N-dealkylation sites (N-methyl/N-ethyl adjacent to an activating group) is 1. The third-order valence-corrected chi connectivity index (χ3v) is 4.06. The Bertz CT molecular complexity index is 587. The van der Waals surface area contributed by atoms with Crippen molar-refractivity contribution in [3.05, 3.63) is 29.8 Å². The molecule has 0 spiro atoms. The zero-order valence-electron chi connectivity index (χ0n) is 14.5. The zero-order valence-corrected chi connectivity index (χ0v) is 14.5. The van der Waals surface area contributed by atoms with E-state index in [9.17, 15) is 14.0 Å². The predicted molar refractivity (Wildman–Crippen MR) is 87.2 cm³/mol. The highest BCUT2D eigenvalue weighted by molar-refractivity contribution is 5.85. The molecule has 3 atom stereocenters. The van der Waals surface area contributed by atoms with Crippen LogP contribution in [0.25, 0.3) is 0 Å². The molecule has 1 aromatic rings. The number of methoxy groups -OCH3 is 1. The van der Waals surface area contributed by atoms with E-state index in [1.807, 2.05) is 24.3 Å². The van der Waals surface area contributed by atoms with Crippen LogP contribution in [0.5, 0.6) is 5.75 Å². The van der Waals surface area contributed by atoms with Crippen LogP contribution < -0.4 is 4.74 Å². The van der Waals surface area contributed by atoms with Crippen LogP contribution in [0.2, 0.25) is 0 Å². The third kappa shape index (κ3) is 4.46. The van der Waals surface area contributed by atoms with Crippen molar-refractivity contribution in [3.8, 4) is 5.75 Å². The minimum Gasteiger partial charge on any atom is -0.497 e. The van der Waals surface area contributed by atoms with Gasteiger partial charge in [0, 0.05) is 13.6 Å². The summed E-state index contributed by atoms with van der Waals surface area (Å²) in [6.07, 6.45) is -1.83. The Morgan fingerprint density at radius 3 is 2.33 bits per heavy atom. The summed E-state index contributed by atoms with van der Waals surface area (Å²) in [5, 5.41) is 0. The first kappa shape index (κ1) is 18.2. The molecule has 0 aromatic heterocycles. The molecule has 132 valence electrons. The van der Waals surface area contributed by atoms with Gasteiger partial charge in [0.2, 0.25) is 0 Å². The van der Waals surface area contributed by atoms with E-state index in [1.54, 1.807) is 28.0 Å². The highest BCUT2D eigenvalue weighted by atomic mass is 19.1. The number of ether oxygens (including phenoxy) is 2. The third-order valence-electron chi connectivity index (χ3n) is 4.06. The van der Waals surface area contributed by atoms with Crippen LogP contribution >= 0.6 is 0 Å². The molecule has 24 heavy (non-hydrogen) atoms. The molecule has 2 rings (SSSR count). The summed E-state index contributed by atoms with van der Waals surface area (Å²) in [4.78, 5) is 26.0. The largest absolute Gasteiger partial charge is 0.497 e. The number of alkyl halides is 1. The average Bonchev–Trinajstić information content (AvgIpc) is 3.29. The van der Waals surface area contributed by atoms with Gasteiger partial charge in [-0.2, -0.15) is 0 Å². The molecule has 5 nitrogen and oxygen atoms in total. The number of nitrogens with zero attached hydrogens (tertiary/aromatic N) is 1. The van der Waals surface area contributed by atoms with E-state index in [0.717, 1.165) is 11.3 Å². The normalized spacial score (nSPS) is 20.4. The number of carbonyl (C=O) groups is 2. The van der Waals surface area contributed by atoms with Gasteiger partial charge in [-0.05, 0) is 30.0 Å². The molecule has 0 aliphatic heterocycles. The summed E-state index contributed by atoms with van der Waals surface area (Å²) < 4.78 is 23.4. The van der Waals surface area contributed by atoms with Crippen LogP contribution in [0.4, 0.5) is 4.39 Å². The van der Waals surface area contributed by atoms with Crippen molar-refractivity contribution in [2.24, 2.45) is 11.8 Å². The second-order valence-corrected chi connectivity index (χ2v) is 6.50. The first-order chi connectivity index (χ1) is 11.3. The Hall–Kier alpha value is -2.11. The summed E-state index contributed by atoms with van der Waals surface area (Å²) in [6.45, 7) is 3.99. The number of hydrogen-bond acceptors (Lipinski definition) is 4. The van der Waals surface area contributed by atoms with Crippen molar-refractivity contribution >= 4 is 11.9 Å². The maximum Gasteiger partial charge on any atom is 0.312 e. The Morgan fingerprint density at radius 2 is 1.88 bits per heavy atom. The standard InChI is InChI=1S/C18H24FNO4/c1-11(2)16(24-18(22)14-9-15(14)19)17(21)20(3)10-12-5-7-13(23-4)8-6-12/h5-8,11,14-16H,9-10H2,1-4H3/t14-,15+,16?/m1/s1. The van der Waals surface area contributed by atoms with Crippen molar-refractivity contribution < 1.29 is 23.5 Å². The van der Waals surface area contributed by atoms with Crippen LogP contribution in [0.1, 0.15) is 25.8 Å². The smallest absolute Gasteiger partial charge is 0.312 e. The lowest BCUT2D eigenvalue weighted by Gasteiger charge is -2.26. The van der Waals surface area contributed by atoms with Gasteiger partial charge in [-0.3, -0.25) is 9.59 Å². The SMILES string of the molecule is COc1ccc(CN(C)C(=O)C(OC(=O)[C@@H]2C[C@@H]2F)C(C)C)cc1. The van der Waals surface area contributed by atoms with Gasteiger partial charge >= 0.3 is 5.97 Å². The Balaban J connectivity index is 1.97. The highest BCUT2D eigenvalue weighted by Crippen LogP contribution is 2.35. The fourth-order valence-electron chi connectivity index (χ4n) is 2.39. The molecule has 1 fully saturated rings. The Morgan fingerprint density at radius 1 is 1.29 bits per heavy atom. The average molecular weight is 337 g/mol. The summed E-state index contributed by atoms with van der Waals surface area (Å²) in [7, 11) is 3.25. The predicted octanol–water partition coefficient (Wildman–Crippen LogP) is 2.58. The maximum atomic E-state index is 13.0. The molecule has 1 saturated carbocycles. The topological polar surface area (TPSA) is 55.8 Å². The van der Waals surface area contributed by atoms with E-state index in [0.29, 0.717) is 6.54 Å². The molecule has 1 aliphatic rings. The molecule has 0 bridgehead atoms. The van der Waals surface area contributed by atoms with Gasteiger partial charge in [0.25, 0.3) is 5.91 Å². The summed E-state index contributed by atoms with van der Waals surface area (Å²) >= 11 is 0. The van der Waals surface area contributed by atoms with E-state index >= 15 is 0 Å². The van der Waals surface area contributed by atoms with Gasteiger partial charge in [0.1, 0.15) is 11.9 Å². The number of hydrogen-bond donors (Lipinski definition) is 0. The van der Waals surface area contributed by atoms with Gasteiger partial charge in [-0.1, -0.05) is 26.0 Å². The molecule has 1 unspecified atom stereocenters. The molecule has 1 aliphatic carbocycles. The Labute approximate surface area is 141 Å². The molecule has 0 saturated heterocycles. The lowest BCUT2D eigenvalue weighted by Crippen LogP contribution is -2.42. The minimum atomic E-state index is -1.13. The monoisotopic (exact) mass is 337 g/mol. The van der Waals surface area contributed by atoms with E-state index in [4.69, 9.17) is 9.47 Å². The lowest BCUT2D eigenvalue weighted by atomic mass is 10.1. The number of carbonyl (C=O) groups excluding carboxylic acids is 2. The molecular weight excluding hydrogens is 313 g/mol. The second kappa shape index (κ2) is 7.64. The molecule has 6 heteroatoms. The van der Waals surface area contributed by atoms with Gasteiger partial charge < -0.3 is 14.4 Å². The zero-order chi connectivity index (χ0) is 17.9. The van der Waals surface area contributed by atoms with Gasteiger partial charge in [-0.15, -0.1) is 0 Å². The van der Waals surface area contributed by atoms with E-state index < -0.39 is 24.2 Å². The van der Waals surface area contributed by atoms with E-state index in [-0.39, 0.29) is 18.2 Å². The maximum absolute atomic E-state index is 13.0. The fraction of sp³-hybridized carbons (Fsp3) is 0.556. The van der Waals surface area contributed by atoms with Gasteiger partial charge in [-0.25, -0.2) is 4.39 Å². The van der Waals surface area contributed by atoms with Gasteiger partial charge in [0.05, 0.1) is 13.0 Å². The number of benzene rings is 1. The summed E-state index contributed by atoms with van der Waals surface area (Å²) in [5.41, 5.74) is 0.937. The van der Waals surface area contributed by atoms with Crippen LogP contribution in [-0.2, 0) is 20.9 Å². The van der Waals surface area contributed by atoms with Crippen LogP contribution in [0, 0.1) is 11.8 Å². The van der Waals surface area contributed by atoms with Crippen LogP contribution in [-0.4, -0.2) is 43.2 Å². The molecule has 0 heterocycles. The quantitative estimate of drug-likeness (QED) is 0.718. The van der Waals surface area contributed by atoms with Crippen LogP contribution in [0.15, 0.2) is 24.3 Å². The molecule has 1 amide bonds. The number of esters is 1. The van der Waals surface area contributed by atoms with Crippen molar-refractivity contribution in [2.45, 2.75) is 39.1 Å². The van der Waals surface area contributed by atoms with Crippen molar-refractivity contribution in [1.82, 2.24) is 4.90 Å². The molecule has 1 aromatic carbocycles. The second-order valence-electron chi connectivity index (χ2n) is 6.50. The first-order valence-electron chi connectivity index (χ1n) is 8.06. The van der Waals surface area contributed by atoms with Gasteiger partial charge in [0.15, 0.2) is 6.10 Å². The Kier molecular flexibility index (Phi) is 5.80. The highest BCUT2D eigenvalue weighted by Gasteiger charge is 2.46. The number of halogens is 1. The summed E-state index contributed by atoms with van der Waals surface area (Å²) in [6, 6.07) is 7.39. The minimum absolute atomic E-state index is 0.184. The number of amides is 1. The van der Waals surface area contributed by atoms with Crippen molar-refractivity contribution in [1.29, 1.82) is 0 Å². The molecule has 0 radical (unpaired) electrons. The van der Waals surface area contributed by atoms with Crippen molar-refractivity contribution in [2.75, 3.05) is 14.2 Å². The molecule has 0 N–H and O–H groups in total. The van der Waals surface area contributed by atoms with Crippen LogP contribution in [0.3, 0.4) is 0 Å². The molecular formula is C18H24FNO4. The van der Waals surface area contributed by atoms with Crippen molar-refractivity contribution in [3.63, 3.8) is 0 Å². The number of rotatable bonds is 7.